The molecule has 12 atom stereocenters. The van der Waals surface area contributed by atoms with Gasteiger partial charge in [0.15, 0.2) is 0 Å². The molecule has 0 spiro atoms. The third-order valence-electron chi connectivity index (χ3n) is 15.8. The van der Waals surface area contributed by atoms with Crippen LogP contribution >= 0.6 is 0 Å². The van der Waals surface area contributed by atoms with E-state index in [2.05, 4.69) is 95.7 Å². The minimum Gasteiger partial charge on any atom is -0.490 e. The lowest BCUT2D eigenvalue weighted by Gasteiger charge is -2.45. The van der Waals surface area contributed by atoms with E-state index in [4.69, 9.17) is 9.15 Å². The molecule has 0 N–H and O–H groups in total. The maximum absolute atomic E-state index is 6.65. The summed E-state index contributed by atoms with van der Waals surface area (Å²) in [6.45, 7) is 2.64. The Labute approximate surface area is 318 Å². The Bertz CT molecular complexity index is 1850. The Hall–Kier alpha value is -3.24. The van der Waals surface area contributed by atoms with Gasteiger partial charge < -0.3 is 14.1 Å². The first-order chi connectivity index (χ1) is 26.2. The van der Waals surface area contributed by atoms with Crippen molar-refractivity contribution in [1.82, 2.24) is 9.80 Å². The molecule has 1 aromatic rings. The van der Waals surface area contributed by atoms with E-state index in [1.807, 2.05) is 0 Å². The Morgan fingerprint density at radius 3 is 2.66 bits per heavy atom. The van der Waals surface area contributed by atoms with Crippen LogP contribution in [0.1, 0.15) is 132 Å². The molecule has 4 heteroatoms. The Kier molecular flexibility index (Phi) is 8.44. The fourth-order valence-electron chi connectivity index (χ4n) is 13.6. The molecule has 53 heavy (non-hydrogen) atoms. The van der Waals surface area contributed by atoms with Crippen molar-refractivity contribution in [3.05, 3.63) is 107 Å². The van der Waals surface area contributed by atoms with Crippen molar-refractivity contribution in [3.8, 4) is 0 Å². The van der Waals surface area contributed by atoms with Gasteiger partial charge in [-0.1, -0.05) is 74.1 Å². The van der Waals surface area contributed by atoms with Gasteiger partial charge in [-0.25, -0.2) is 0 Å². The normalized spacial score (nSPS) is 40.9. The van der Waals surface area contributed by atoms with Crippen molar-refractivity contribution in [3.63, 3.8) is 0 Å². The second-order valence-corrected chi connectivity index (χ2v) is 18.6. The third-order valence-corrected chi connectivity index (χ3v) is 15.8. The van der Waals surface area contributed by atoms with E-state index >= 15 is 0 Å². The van der Waals surface area contributed by atoms with Crippen molar-refractivity contribution in [2.75, 3.05) is 0 Å². The number of allylic oxidation sites excluding steroid dienone is 6. The van der Waals surface area contributed by atoms with Crippen LogP contribution in [0.3, 0.4) is 0 Å². The number of hydrogen-bond acceptors (Lipinski definition) is 4. The van der Waals surface area contributed by atoms with E-state index in [0.29, 0.717) is 48.0 Å². The average Bonchev–Trinajstić information content (AvgIpc) is 3.88. The quantitative estimate of drug-likeness (QED) is 0.285. The fourth-order valence-corrected chi connectivity index (χ4v) is 13.6. The largest absolute Gasteiger partial charge is 0.490 e. The zero-order chi connectivity index (χ0) is 35.0. The van der Waals surface area contributed by atoms with Crippen molar-refractivity contribution in [1.29, 1.82) is 0 Å². The highest BCUT2D eigenvalue weighted by Gasteiger charge is 2.55. The Balaban J connectivity index is 0.982. The van der Waals surface area contributed by atoms with Crippen LogP contribution in [-0.4, -0.2) is 40.1 Å². The van der Waals surface area contributed by atoms with E-state index in [9.17, 15) is 0 Å². The first-order valence-electron chi connectivity index (χ1n) is 22.0. The smallest absolute Gasteiger partial charge is 0.132 e. The summed E-state index contributed by atoms with van der Waals surface area (Å²) >= 11 is 0. The highest BCUT2D eigenvalue weighted by Crippen LogP contribution is 2.55. The minimum absolute atomic E-state index is 0.251. The van der Waals surface area contributed by atoms with Crippen LogP contribution in [0.15, 0.2) is 88.3 Å². The number of ether oxygens (including phenoxy) is 1. The zero-order valence-electron chi connectivity index (χ0n) is 32.0. The van der Waals surface area contributed by atoms with Crippen molar-refractivity contribution in [2.24, 2.45) is 35.5 Å². The van der Waals surface area contributed by atoms with Crippen LogP contribution in [0.4, 0.5) is 0 Å². The maximum Gasteiger partial charge on any atom is 0.132 e. The summed E-state index contributed by atoms with van der Waals surface area (Å²) in [5.74, 6) is 7.82. The molecule has 0 aromatic carbocycles. The summed E-state index contributed by atoms with van der Waals surface area (Å²) in [6.07, 6.45) is 52.8. The third kappa shape index (κ3) is 5.54. The molecule has 8 aliphatic carbocycles. The van der Waals surface area contributed by atoms with Gasteiger partial charge in [0.25, 0.3) is 0 Å². The van der Waals surface area contributed by atoms with Gasteiger partial charge in [-0.05, 0) is 137 Å². The van der Waals surface area contributed by atoms with Gasteiger partial charge in [0.1, 0.15) is 23.4 Å². The fraction of sp³-hybridized carbons (Fsp3) is 0.592. The Morgan fingerprint density at radius 1 is 0.792 bits per heavy atom. The molecule has 2 saturated carbocycles. The lowest BCUT2D eigenvalue weighted by atomic mass is 9.63. The zero-order valence-corrected chi connectivity index (χ0v) is 32.0. The molecule has 11 rings (SSSR count). The van der Waals surface area contributed by atoms with Gasteiger partial charge in [0.05, 0.1) is 12.1 Å². The van der Waals surface area contributed by atoms with Gasteiger partial charge in [-0.15, -0.1) is 0 Å². The summed E-state index contributed by atoms with van der Waals surface area (Å²) < 4.78 is 13.3. The first-order valence-corrected chi connectivity index (χ1v) is 22.0. The number of fused-ring (bicyclic) bond motifs is 8. The highest BCUT2D eigenvalue weighted by atomic mass is 16.5. The van der Waals surface area contributed by atoms with Crippen LogP contribution in [0, 0.1) is 35.5 Å². The van der Waals surface area contributed by atoms with Gasteiger partial charge >= 0.3 is 0 Å². The number of aryl methyl sites for hydroxylation is 1. The molecule has 10 aliphatic rings. The van der Waals surface area contributed by atoms with E-state index in [1.165, 1.54) is 105 Å². The molecule has 3 heterocycles. The summed E-state index contributed by atoms with van der Waals surface area (Å²) in [7, 11) is 0. The molecule has 0 amide bonds. The van der Waals surface area contributed by atoms with Gasteiger partial charge in [-0.2, -0.15) is 0 Å². The number of rotatable bonds is 5. The maximum atomic E-state index is 6.65. The Morgan fingerprint density at radius 2 is 1.75 bits per heavy atom. The second kappa shape index (κ2) is 13.5. The summed E-state index contributed by atoms with van der Waals surface area (Å²) in [6, 6.07) is 2.29. The monoisotopic (exact) mass is 708 g/mol. The molecule has 278 valence electrons. The first kappa shape index (κ1) is 33.1. The van der Waals surface area contributed by atoms with E-state index in [1.54, 1.807) is 5.57 Å². The topological polar surface area (TPSA) is 28.9 Å². The lowest BCUT2D eigenvalue weighted by Crippen LogP contribution is -2.48. The van der Waals surface area contributed by atoms with Gasteiger partial charge in [0.2, 0.25) is 0 Å². The van der Waals surface area contributed by atoms with Crippen molar-refractivity contribution >= 4 is 12.2 Å². The van der Waals surface area contributed by atoms with Crippen LogP contribution in [0.25, 0.3) is 12.2 Å². The number of nitrogens with zero attached hydrogens (tertiary/aromatic N) is 2. The molecule has 0 bridgehead atoms. The second-order valence-electron chi connectivity index (χ2n) is 18.6. The van der Waals surface area contributed by atoms with Crippen LogP contribution < -0.4 is 0 Å². The molecule has 4 nitrogen and oxygen atoms in total. The predicted molar refractivity (Wildman–Crippen MR) is 214 cm³/mol. The van der Waals surface area contributed by atoms with E-state index in [0.717, 1.165) is 49.2 Å². The van der Waals surface area contributed by atoms with Gasteiger partial charge in [-0.3, -0.25) is 4.90 Å². The van der Waals surface area contributed by atoms with Crippen LogP contribution in [-0.2, 0) is 11.2 Å². The number of hydrogen-bond donors (Lipinski definition) is 0. The SMILES string of the molecule is CC1C[C@H]([C@@H]2CC=CCC2)CC2C1C1C=C(N(C3C=CC4=C(C3)C3CCCCC3O4)C3CC=Cc4oc5c(c43)C=CCC5)C=CC1N2C1C=CCCC1. The van der Waals surface area contributed by atoms with Crippen LogP contribution in [0.2, 0.25) is 0 Å². The molecule has 3 fully saturated rings. The standard InChI is InChI=1S/C49H60N2O2/c1-31-27-33(32-13-4-2-5-14-32)28-43-48(31)40-30-35(23-25-41(40)51(43)34-15-6-3-7-16-34)50(36-24-26-46-39(29-36)37-17-8-10-20-44(37)52-46)42-19-12-22-47-49(42)38-18-9-11-21-45(38)53-47/h2,4,6,9,12,15,18,22-26,30-34,36-37,40-44,48H,3,5,7-8,10-11,13-14,16-17,19-21,27-29H2,1H3/t31?,32-,33+,34?,36?,37?,40?,41?,42?,43?,44?,48?/m1/s1. The van der Waals surface area contributed by atoms with Crippen LogP contribution in [0.5, 0.6) is 0 Å². The molecular weight excluding hydrogens is 649 g/mol. The molecule has 10 unspecified atom stereocenters. The number of likely N-dealkylation sites (tertiary alicyclic amines) is 1. The van der Waals surface area contributed by atoms with Gasteiger partial charge in [0, 0.05) is 53.2 Å². The number of furan rings is 1. The highest BCUT2D eigenvalue weighted by molar-refractivity contribution is 5.67. The molecule has 0 radical (unpaired) electrons. The molecular formula is C49H60N2O2. The molecule has 1 saturated heterocycles. The van der Waals surface area contributed by atoms with E-state index < -0.39 is 0 Å². The summed E-state index contributed by atoms with van der Waals surface area (Å²) in [5, 5.41) is 0. The molecule has 2 aliphatic heterocycles. The summed E-state index contributed by atoms with van der Waals surface area (Å²) in [5.41, 5.74) is 5.85. The van der Waals surface area contributed by atoms with Crippen molar-refractivity contribution in [2.45, 2.75) is 146 Å². The average molecular weight is 709 g/mol. The lowest BCUT2D eigenvalue weighted by molar-refractivity contribution is 0.0540. The van der Waals surface area contributed by atoms with E-state index in [-0.39, 0.29) is 6.04 Å². The van der Waals surface area contributed by atoms with Crippen molar-refractivity contribution < 1.29 is 9.15 Å². The predicted octanol–water partition coefficient (Wildman–Crippen LogP) is 11.4. The minimum atomic E-state index is 0.251. The summed E-state index contributed by atoms with van der Waals surface area (Å²) in [4.78, 5) is 5.95. The molecule has 1 aromatic heterocycles.